The Balaban J connectivity index is 1.85. The van der Waals surface area contributed by atoms with Crippen LogP contribution in [0.1, 0.15) is 34.2 Å². The van der Waals surface area contributed by atoms with E-state index in [0.29, 0.717) is 29.2 Å². The summed E-state index contributed by atoms with van der Waals surface area (Å²) in [6, 6.07) is 14.0. The number of rotatable bonds is 6. The number of carbonyl (C=O) groups is 2. The van der Waals surface area contributed by atoms with Gasteiger partial charge in [0.15, 0.2) is 0 Å². The molecule has 0 aliphatic carbocycles. The van der Waals surface area contributed by atoms with Crippen LogP contribution in [0.2, 0.25) is 0 Å². The summed E-state index contributed by atoms with van der Waals surface area (Å²) in [5, 5.41) is 13.1. The van der Waals surface area contributed by atoms with Crippen LogP contribution < -0.4 is 20.7 Å². The highest BCUT2D eigenvalue weighted by Gasteiger charge is 2.14. The number of aromatic nitrogens is 2. The van der Waals surface area contributed by atoms with Crippen LogP contribution >= 0.6 is 0 Å². The van der Waals surface area contributed by atoms with Gasteiger partial charge in [0.25, 0.3) is 5.91 Å². The highest BCUT2D eigenvalue weighted by Crippen LogP contribution is 2.23. The van der Waals surface area contributed by atoms with Crippen molar-refractivity contribution in [3.63, 3.8) is 0 Å². The lowest BCUT2D eigenvalue weighted by Crippen LogP contribution is -2.36. The van der Waals surface area contributed by atoms with Crippen molar-refractivity contribution in [3.8, 4) is 5.75 Å². The van der Waals surface area contributed by atoms with Crippen LogP contribution in [0.25, 0.3) is 0 Å². The van der Waals surface area contributed by atoms with Crippen LogP contribution in [0.4, 0.5) is 11.4 Å². The van der Waals surface area contributed by atoms with Crippen molar-refractivity contribution in [3.05, 3.63) is 71.0 Å². The zero-order valence-corrected chi connectivity index (χ0v) is 19.4. The molecule has 2 amide bonds. The fraction of sp³-hybridized carbons (Fsp3) is 0.250. The van der Waals surface area contributed by atoms with Gasteiger partial charge >= 0.3 is 0 Å². The van der Waals surface area contributed by atoms with Gasteiger partial charge in [-0.2, -0.15) is 5.10 Å². The van der Waals surface area contributed by atoms with Gasteiger partial charge in [0.05, 0.1) is 25.0 Å². The van der Waals surface area contributed by atoms with E-state index < -0.39 is 0 Å². The number of aliphatic imine (C=N–C) groups is 1. The smallest absolute Gasteiger partial charge is 0.257 e. The SMILES string of the molecule is COc1ccccc1NC(=NCc1c(C)nn(C)c1C)NC(=O)c1ccc(NC(C)=O)cc1. The maximum absolute atomic E-state index is 12.9. The van der Waals surface area contributed by atoms with Gasteiger partial charge in [-0.05, 0) is 50.2 Å². The molecule has 3 N–H and O–H groups in total. The van der Waals surface area contributed by atoms with E-state index in [2.05, 4.69) is 26.0 Å². The van der Waals surface area contributed by atoms with E-state index in [1.54, 1.807) is 31.4 Å². The second-order valence-corrected chi connectivity index (χ2v) is 7.48. The van der Waals surface area contributed by atoms with E-state index in [9.17, 15) is 9.59 Å². The number of hydrogen-bond donors (Lipinski definition) is 3. The molecule has 33 heavy (non-hydrogen) atoms. The van der Waals surface area contributed by atoms with Crippen LogP contribution in [-0.4, -0.2) is 34.7 Å². The lowest BCUT2D eigenvalue weighted by Gasteiger charge is -2.14. The van der Waals surface area contributed by atoms with Gasteiger partial charge in [0, 0.05) is 36.5 Å². The molecule has 0 aliphatic heterocycles. The largest absolute Gasteiger partial charge is 0.495 e. The zero-order chi connectivity index (χ0) is 24.0. The standard InChI is InChI=1S/C24H28N6O3/c1-15-20(16(2)30(4)29-15)14-25-24(27-21-8-6-7-9-22(21)33-5)28-23(32)18-10-12-19(13-11-18)26-17(3)31/h6-13H,14H2,1-5H3,(H,26,31)(H2,25,27,28,32). The van der Waals surface area contributed by atoms with E-state index in [1.807, 2.05) is 49.8 Å². The van der Waals surface area contributed by atoms with Crippen LogP contribution in [0.5, 0.6) is 5.75 Å². The summed E-state index contributed by atoms with van der Waals surface area (Å²) < 4.78 is 7.22. The van der Waals surface area contributed by atoms with Crippen LogP contribution in [0, 0.1) is 13.8 Å². The van der Waals surface area contributed by atoms with Gasteiger partial charge in [-0.1, -0.05) is 12.1 Å². The van der Waals surface area contributed by atoms with E-state index >= 15 is 0 Å². The molecule has 0 fully saturated rings. The number of hydrogen-bond acceptors (Lipinski definition) is 5. The molecule has 0 saturated carbocycles. The highest BCUT2D eigenvalue weighted by molar-refractivity contribution is 6.10. The van der Waals surface area contributed by atoms with Crippen LogP contribution in [0.3, 0.4) is 0 Å². The molecule has 3 rings (SSSR count). The van der Waals surface area contributed by atoms with Crippen LogP contribution in [-0.2, 0) is 18.4 Å². The molecule has 0 radical (unpaired) electrons. The zero-order valence-electron chi connectivity index (χ0n) is 19.4. The summed E-state index contributed by atoms with van der Waals surface area (Å²) in [6.45, 7) is 5.68. The van der Waals surface area contributed by atoms with Gasteiger partial charge in [-0.15, -0.1) is 0 Å². The predicted molar refractivity (Wildman–Crippen MR) is 129 cm³/mol. The first-order valence-corrected chi connectivity index (χ1v) is 10.4. The fourth-order valence-electron chi connectivity index (χ4n) is 3.28. The Labute approximate surface area is 192 Å². The first-order valence-electron chi connectivity index (χ1n) is 10.4. The number of guanidine groups is 1. The average molecular weight is 449 g/mol. The molecule has 172 valence electrons. The van der Waals surface area contributed by atoms with Crippen molar-refractivity contribution in [1.82, 2.24) is 15.1 Å². The van der Waals surface area contributed by atoms with E-state index in [1.165, 1.54) is 6.92 Å². The number of nitrogens with zero attached hydrogens (tertiary/aromatic N) is 3. The number of benzene rings is 2. The van der Waals surface area contributed by atoms with Gasteiger partial charge < -0.3 is 15.4 Å². The van der Waals surface area contributed by atoms with Crippen molar-refractivity contribution in [1.29, 1.82) is 0 Å². The predicted octanol–water partition coefficient (Wildman–Crippen LogP) is 3.40. The summed E-state index contributed by atoms with van der Waals surface area (Å²) in [4.78, 5) is 28.8. The second-order valence-electron chi connectivity index (χ2n) is 7.48. The Morgan fingerprint density at radius 1 is 1.06 bits per heavy atom. The molecule has 0 spiro atoms. The molecule has 0 atom stereocenters. The van der Waals surface area contributed by atoms with Gasteiger partial charge in [0.1, 0.15) is 5.75 Å². The third kappa shape index (κ3) is 5.97. The van der Waals surface area contributed by atoms with Crippen molar-refractivity contribution in [2.24, 2.45) is 12.0 Å². The third-order valence-corrected chi connectivity index (χ3v) is 5.11. The Morgan fingerprint density at radius 2 is 1.76 bits per heavy atom. The maximum Gasteiger partial charge on any atom is 0.257 e. The topological polar surface area (TPSA) is 110 Å². The Hall–Kier alpha value is -4.14. The van der Waals surface area contributed by atoms with E-state index in [-0.39, 0.29) is 17.8 Å². The minimum Gasteiger partial charge on any atom is -0.495 e. The molecular formula is C24H28N6O3. The molecule has 9 heteroatoms. The monoisotopic (exact) mass is 448 g/mol. The summed E-state index contributed by atoms with van der Waals surface area (Å²) >= 11 is 0. The van der Waals surface area contributed by atoms with Gasteiger partial charge in [-0.25, -0.2) is 4.99 Å². The Bertz CT molecular complexity index is 1180. The average Bonchev–Trinajstić information content (AvgIpc) is 3.03. The normalized spacial score (nSPS) is 11.1. The quantitative estimate of drug-likeness (QED) is 0.396. The summed E-state index contributed by atoms with van der Waals surface area (Å²) in [5.74, 6) is 0.375. The number of amides is 2. The summed E-state index contributed by atoms with van der Waals surface area (Å²) in [5.41, 5.74) is 4.59. The summed E-state index contributed by atoms with van der Waals surface area (Å²) in [6.07, 6.45) is 0. The van der Waals surface area contributed by atoms with Crippen LogP contribution in [0.15, 0.2) is 53.5 Å². The molecule has 0 saturated heterocycles. The van der Waals surface area contributed by atoms with Crippen molar-refractivity contribution in [2.75, 3.05) is 17.7 Å². The Morgan fingerprint density at radius 3 is 2.36 bits per heavy atom. The van der Waals surface area contributed by atoms with Crippen molar-refractivity contribution in [2.45, 2.75) is 27.3 Å². The van der Waals surface area contributed by atoms with E-state index in [0.717, 1.165) is 17.0 Å². The molecular weight excluding hydrogens is 420 g/mol. The third-order valence-electron chi connectivity index (χ3n) is 5.11. The number of para-hydroxylation sites is 2. The lowest BCUT2D eigenvalue weighted by atomic mass is 10.2. The highest BCUT2D eigenvalue weighted by atomic mass is 16.5. The Kier molecular flexibility index (Phi) is 7.45. The number of aryl methyl sites for hydroxylation is 2. The minimum absolute atomic E-state index is 0.177. The van der Waals surface area contributed by atoms with Gasteiger partial charge in [-0.3, -0.25) is 19.6 Å². The van der Waals surface area contributed by atoms with E-state index in [4.69, 9.17) is 4.74 Å². The number of ether oxygens (including phenoxy) is 1. The van der Waals surface area contributed by atoms with Crippen molar-refractivity contribution >= 4 is 29.1 Å². The first kappa shape index (κ1) is 23.5. The number of nitrogens with one attached hydrogen (secondary N) is 3. The molecule has 9 nitrogen and oxygen atoms in total. The molecule has 1 heterocycles. The number of methoxy groups -OCH3 is 1. The van der Waals surface area contributed by atoms with Crippen molar-refractivity contribution < 1.29 is 14.3 Å². The lowest BCUT2D eigenvalue weighted by molar-refractivity contribution is -0.114. The molecule has 0 unspecified atom stereocenters. The van der Waals surface area contributed by atoms with Gasteiger partial charge in [0.2, 0.25) is 11.9 Å². The fourth-order valence-corrected chi connectivity index (χ4v) is 3.28. The molecule has 0 bridgehead atoms. The molecule has 0 aliphatic rings. The molecule has 1 aromatic heterocycles. The molecule has 3 aromatic rings. The first-order chi connectivity index (χ1) is 15.8. The minimum atomic E-state index is -0.342. The number of anilines is 2. The summed E-state index contributed by atoms with van der Waals surface area (Å²) in [7, 11) is 3.46. The second kappa shape index (κ2) is 10.4. The maximum atomic E-state index is 12.9. The number of carbonyl (C=O) groups excluding carboxylic acids is 2. The molecule has 2 aromatic carbocycles.